The average molecular weight is 212 g/mol. The zero-order valence-electron chi connectivity index (χ0n) is 8.56. The predicted molar refractivity (Wildman–Crippen MR) is 51.3 cm³/mol. The molecule has 3 atom stereocenters. The van der Waals surface area contributed by atoms with E-state index in [0.29, 0.717) is 12.8 Å². The number of fused-ring (bicyclic) bond motifs is 2. The predicted octanol–water partition coefficient (Wildman–Crippen LogP) is 0.780. The number of rotatable bonds is 2. The van der Waals surface area contributed by atoms with Crippen LogP contribution in [-0.2, 0) is 9.53 Å². The van der Waals surface area contributed by atoms with Gasteiger partial charge in [-0.25, -0.2) is 0 Å². The molecule has 15 heavy (non-hydrogen) atoms. The number of hydrogen-bond acceptors (Lipinski definition) is 3. The molecular formula is C11H16O4. The summed E-state index contributed by atoms with van der Waals surface area (Å²) in [5.74, 6) is -0.605. The molecule has 0 aromatic rings. The fourth-order valence-corrected chi connectivity index (χ4v) is 3.64. The van der Waals surface area contributed by atoms with Crippen molar-refractivity contribution in [2.45, 2.75) is 50.4 Å². The van der Waals surface area contributed by atoms with Gasteiger partial charge in [-0.15, -0.1) is 0 Å². The largest absolute Gasteiger partial charge is 0.481 e. The zero-order chi connectivity index (χ0) is 10.6. The van der Waals surface area contributed by atoms with Crippen LogP contribution >= 0.6 is 0 Å². The van der Waals surface area contributed by atoms with Gasteiger partial charge in [0.2, 0.25) is 0 Å². The third kappa shape index (κ3) is 1.18. The van der Waals surface area contributed by atoms with Crippen LogP contribution < -0.4 is 0 Å². The van der Waals surface area contributed by atoms with Gasteiger partial charge < -0.3 is 14.9 Å². The first-order valence-corrected chi connectivity index (χ1v) is 5.69. The van der Waals surface area contributed by atoms with Crippen molar-refractivity contribution in [1.29, 1.82) is 0 Å². The van der Waals surface area contributed by atoms with Crippen molar-refractivity contribution in [2.75, 3.05) is 0 Å². The molecule has 3 rings (SSSR count). The van der Waals surface area contributed by atoms with Crippen LogP contribution in [0.5, 0.6) is 0 Å². The molecular weight excluding hydrogens is 196 g/mol. The molecule has 4 nitrogen and oxygen atoms in total. The third-order valence-corrected chi connectivity index (χ3v) is 4.44. The summed E-state index contributed by atoms with van der Waals surface area (Å²) >= 11 is 0. The molecule has 0 spiro atoms. The molecule has 4 heteroatoms. The minimum Gasteiger partial charge on any atom is -0.481 e. The van der Waals surface area contributed by atoms with Crippen molar-refractivity contribution in [2.24, 2.45) is 11.3 Å². The van der Waals surface area contributed by atoms with Gasteiger partial charge in [-0.05, 0) is 32.1 Å². The maximum Gasteiger partial charge on any atom is 0.310 e. The van der Waals surface area contributed by atoms with Crippen molar-refractivity contribution >= 4 is 5.97 Å². The van der Waals surface area contributed by atoms with Gasteiger partial charge in [0.1, 0.15) is 0 Å². The van der Waals surface area contributed by atoms with Crippen molar-refractivity contribution < 1.29 is 19.7 Å². The standard InChI is InChI=1S/C11H16O4/c12-6-4-11(5-6,10(13)14)8-3-7-1-2-9(8)15-7/h6-9,12H,1-5H2,(H,13,14). The van der Waals surface area contributed by atoms with Gasteiger partial charge >= 0.3 is 5.97 Å². The minimum absolute atomic E-state index is 0.136. The minimum atomic E-state index is -0.742. The van der Waals surface area contributed by atoms with Crippen LogP contribution in [0, 0.1) is 11.3 Å². The highest BCUT2D eigenvalue weighted by atomic mass is 16.5. The Morgan fingerprint density at radius 1 is 1.33 bits per heavy atom. The normalized spacial score (nSPS) is 52.9. The van der Waals surface area contributed by atoms with Crippen LogP contribution in [0.1, 0.15) is 32.1 Å². The molecule has 2 aliphatic heterocycles. The van der Waals surface area contributed by atoms with E-state index in [9.17, 15) is 15.0 Å². The fraction of sp³-hybridized carbons (Fsp3) is 0.909. The lowest BCUT2D eigenvalue weighted by Gasteiger charge is -2.47. The molecule has 2 bridgehead atoms. The monoisotopic (exact) mass is 212 g/mol. The van der Waals surface area contributed by atoms with Crippen LogP contribution in [0.2, 0.25) is 0 Å². The van der Waals surface area contributed by atoms with Gasteiger partial charge in [0, 0.05) is 5.92 Å². The van der Waals surface area contributed by atoms with E-state index in [1.54, 1.807) is 0 Å². The summed E-state index contributed by atoms with van der Waals surface area (Å²) in [6, 6.07) is 0. The second-order valence-electron chi connectivity index (χ2n) is 5.24. The summed E-state index contributed by atoms with van der Waals surface area (Å²) in [6.45, 7) is 0. The van der Waals surface area contributed by atoms with Gasteiger partial charge in [0.25, 0.3) is 0 Å². The highest BCUT2D eigenvalue weighted by molar-refractivity contribution is 5.76. The molecule has 0 aromatic heterocycles. The first-order valence-electron chi connectivity index (χ1n) is 5.69. The van der Waals surface area contributed by atoms with Gasteiger partial charge in [0.05, 0.1) is 23.7 Å². The second kappa shape index (κ2) is 2.95. The summed E-state index contributed by atoms with van der Waals surface area (Å²) in [5.41, 5.74) is -0.681. The van der Waals surface area contributed by atoms with E-state index >= 15 is 0 Å². The summed E-state index contributed by atoms with van der Waals surface area (Å²) in [5, 5.41) is 18.7. The number of carbonyl (C=O) groups is 1. The molecule has 1 saturated carbocycles. The Morgan fingerprint density at radius 2 is 2.07 bits per heavy atom. The highest BCUT2D eigenvalue weighted by Crippen LogP contribution is 2.56. The summed E-state index contributed by atoms with van der Waals surface area (Å²) in [4.78, 5) is 11.3. The summed E-state index contributed by atoms with van der Waals surface area (Å²) in [7, 11) is 0. The Balaban J connectivity index is 1.82. The number of aliphatic hydroxyl groups excluding tert-OH is 1. The van der Waals surface area contributed by atoms with Crippen molar-refractivity contribution in [3.05, 3.63) is 0 Å². The number of ether oxygens (including phenoxy) is 1. The lowest BCUT2D eigenvalue weighted by Crippen LogP contribution is -2.54. The van der Waals surface area contributed by atoms with E-state index in [1.807, 2.05) is 0 Å². The quantitative estimate of drug-likeness (QED) is 0.709. The SMILES string of the molecule is O=C(O)C1(C2CC3CCC2O3)CC(O)C1. The maximum atomic E-state index is 11.3. The molecule has 0 radical (unpaired) electrons. The average Bonchev–Trinajstić information content (AvgIpc) is 2.72. The first-order chi connectivity index (χ1) is 7.12. The molecule has 0 amide bonds. The Morgan fingerprint density at radius 3 is 2.47 bits per heavy atom. The molecule has 3 fully saturated rings. The van der Waals surface area contributed by atoms with Crippen LogP contribution in [0.3, 0.4) is 0 Å². The van der Waals surface area contributed by atoms with E-state index in [1.165, 1.54) is 0 Å². The van der Waals surface area contributed by atoms with E-state index in [2.05, 4.69) is 0 Å². The lowest BCUT2D eigenvalue weighted by molar-refractivity contribution is -0.174. The summed E-state index contributed by atoms with van der Waals surface area (Å²) in [6.07, 6.45) is 3.80. The van der Waals surface area contributed by atoms with E-state index in [-0.39, 0.29) is 18.1 Å². The molecule has 1 aliphatic carbocycles. The topological polar surface area (TPSA) is 66.8 Å². The fourth-order valence-electron chi connectivity index (χ4n) is 3.64. The smallest absolute Gasteiger partial charge is 0.310 e. The van der Waals surface area contributed by atoms with Crippen LogP contribution in [-0.4, -0.2) is 34.5 Å². The van der Waals surface area contributed by atoms with Gasteiger partial charge in [0.15, 0.2) is 0 Å². The zero-order valence-corrected chi connectivity index (χ0v) is 8.56. The number of aliphatic hydroxyl groups is 1. The Hall–Kier alpha value is -0.610. The number of carboxylic acids is 1. The maximum absolute atomic E-state index is 11.3. The van der Waals surface area contributed by atoms with Gasteiger partial charge in [-0.3, -0.25) is 4.79 Å². The van der Waals surface area contributed by atoms with Crippen LogP contribution in [0.4, 0.5) is 0 Å². The third-order valence-electron chi connectivity index (χ3n) is 4.44. The van der Waals surface area contributed by atoms with Crippen molar-refractivity contribution in [3.63, 3.8) is 0 Å². The molecule has 3 aliphatic rings. The Kier molecular flexibility index (Phi) is 1.89. The Labute approximate surface area is 88.2 Å². The van der Waals surface area contributed by atoms with Crippen LogP contribution in [0.25, 0.3) is 0 Å². The van der Waals surface area contributed by atoms with Crippen molar-refractivity contribution in [3.8, 4) is 0 Å². The van der Waals surface area contributed by atoms with E-state index < -0.39 is 17.5 Å². The Bertz CT molecular complexity index is 295. The summed E-state index contributed by atoms with van der Waals surface area (Å²) < 4.78 is 5.71. The molecule has 3 unspecified atom stereocenters. The molecule has 2 N–H and O–H groups in total. The molecule has 2 heterocycles. The van der Waals surface area contributed by atoms with Gasteiger partial charge in [-0.2, -0.15) is 0 Å². The first kappa shape index (κ1) is 9.60. The molecule has 2 saturated heterocycles. The molecule has 0 aromatic carbocycles. The van der Waals surface area contributed by atoms with Crippen molar-refractivity contribution in [1.82, 2.24) is 0 Å². The van der Waals surface area contributed by atoms with Crippen LogP contribution in [0.15, 0.2) is 0 Å². The second-order valence-corrected chi connectivity index (χ2v) is 5.24. The van der Waals surface area contributed by atoms with E-state index in [0.717, 1.165) is 19.3 Å². The van der Waals surface area contributed by atoms with Gasteiger partial charge in [-0.1, -0.05) is 0 Å². The number of carboxylic acid groups (broad SMARTS) is 1. The lowest BCUT2D eigenvalue weighted by atomic mass is 9.56. The van der Waals surface area contributed by atoms with E-state index in [4.69, 9.17) is 4.74 Å². The molecule has 84 valence electrons. The highest BCUT2D eigenvalue weighted by Gasteiger charge is 2.61. The number of aliphatic carboxylic acids is 1. The number of hydrogen-bond donors (Lipinski definition) is 2.